The zero-order valence-electron chi connectivity index (χ0n) is 15.1. The highest BCUT2D eigenvalue weighted by Gasteiger charge is 2.27. The van der Waals surface area contributed by atoms with Crippen molar-refractivity contribution in [1.29, 1.82) is 0 Å². The molecule has 7 heteroatoms. The molecule has 0 spiro atoms. The largest absolute Gasteiger partial charge is 0.481 e. The molecule has 1 aromatic heterocycles. The number of amides is 1. The Morgan fingerprint density at radius 3 is 2.48 bits per heavy atom. The van der Waals surface area contributed by atoms with Crippen LogP contribution in [0.2, 0.25) is 0 Å². The SMILES string of the molecule is CSc1ccc(Oc2ncccc2C(=O)NC2CCC(C(=O)O)CC2)cc1. The fourth-order valence-corrected chi connectivity index (χ4v) is 3.56. The molecule has 1 aliphatic rings. The topological polar surface area (TPSA) is 88.5 Å². The van der Waals surface area contributed by atoms with Gasteiger partial charge in [-0.25, -0.2) is 4.98 Å². The first kappa shape index (κ1) is 19.2. The van der Waals surface area contributed by atoms with Crippen molar-refractivity contribution in [2.45, 2.75) is 36.6 Å². The van der Waals surface area contributed by atoms with E-state index in [-0.39, 0.29) is 23.7 Å². The van der Waals surface area contributed by atoms with Crippen LogP contribution in [0.15, 0.2) is 47.5 Å². The zero-order valence-corrected chi connectivity index (χ0v) is 15.9. The number of carboxylic acids is 1. The number of hydrogen-bond acceptors (Lipinski definition) is 5. The number of carbonyl (C=O) groups excluding carboxylic acids is 1. The number of carboxylic acid groups (broad SMARTS) is 1. The molecule has 0 bridgehead atoms. The normalized spacial score (nSPS) is 19.3. The van der Waals surface area contributed by atoms with Crippen LogP contribution in [0.1, 0.15) is 36.0 Å². The molecule has 0 saturated heterocycles. The number of thioether (sulfide) groups is 1. The van der Waals surface area contributed by atoms with Crippen molar-refractivity contribution in [3.05, 3.63) is 48.2 Å². The molecule has 1 aromatic carbocycles. The summed E-state index contributed by atoms with van der Waals surface area (Å²) in [5.74, 6) is -0.443. The molecule has 0 atom stereocenters. The first-order chi connectivity index (χ1) is 13.1. The van der Waals surface area contributed by atoms with Crippen molar-refractivity contribution in [3.8, 4) is 11.6 Å². The maximum absolute atomic E-state index is 12.7. The smallest absolute Gasteiger partial charge is 0.306 e. The van der Waals surface area contributed by atoms with Gasteiger partial charge in [-0.15, -0.1) is 11.8 Å². The molecule has 1 aliphatic carbocycles. The van der Waals surface area contributed by atoms with Gasteiger partial charge >= 0.3 is 5.97 Å². The van der Waals surface area contributed by atoms with Crippen LogP contribution in [-0.2, 0) is 4.79 Å². The lowest BCUT2D eigenvalue weighted by atomic mass is 9.86. The van der Waals surface area contributed by atoms with Crippen LogP contribution in [0.4, 0.5) is 0 Å². The van der Waals surface area contributed by atoms with Crippen LogP contribution >= 0.6 is 11.8 Å². The number of aliphatic carboxylic acids is 1. The first-order valence-electron chi connectivity index (χ1n) is 8.87. The van der Waals surface area contributed by atoms with Gasteiger partial charge in [0.05, 0.1) is 5.92 Å². The van der Waals surface area contributed by atoms with Crippen molar-refractivity contribution >= 4 is 23.6 Å². The maximum atomic E-state index is 12.7. The molecule has 1 amide bonds. The summed E-state index contributed by atoms with van der Waals surface area (Å²) in [6.07, 6.45) is 6.07. The lowest BCUT2D eigenvalue weighted by Gasteiger charge is -2.27. The van der Waals surface area contributed by atoms with E-state index in [1.165, 1.54) is 0 Å². The van der Waals surface area contributed by atoms with Gasteiger partial charge in [0.25, 0.3) is 5.91 Å². The minimum atomic E-state index is -0.754. The summed E-state index contributed by atoms with van der Waals surface area (Å²) in [7, 11) is 0. The minimum absolute atomic E-state index is 0.0259. The summed E-state index contributed by atoms with van der Waals surface area (Å²) >= 11 is 1.64. The molecular weight excluding hydrogens is 364 g/mol. The Balaban J connectivity index is 1.66. The molecule has 0 unspecified atom stereocenters. The summed E-state index contributed by atoms with van der Waals surface area (Å²) < 4.78 is 5.81. The van der Waals surface area contributed by atoms with Gasteiger partial charge in [0.1, 0.15) is 11.3 Å². The number of benzene rings is 1. The highest BCUT2D eigenvalue weighted by atomic mass is 32.2. The number of ether oxygens (including phenoxy) is 1. The van der Waals surface area contributed by atoms with E-state index in [1.54, 1.807) is 30.1 Å². The monoisotopic (exact) mass is 386 g/mol. The average molecular weight is 386 g/mol. The van der Waals surface area contributed by atoms with E-state index in [0.29, 0.717) is 37.0 Å². The summed E-state index contributed by atoms with van der Waals surface area (Å²) in [4.78, 5) is 29.1. The van der Waals surface area contributed by atoms with Gasteiger partial charge in [-0.2, -0.15) is 0 Å². The van der Waals surface area contributed by atoms with Crippen molar-refractivity contribution in [3.63, 3.8) is 0 Å². The lowest BCUT2D eigenvalue weighted by Crippen LogP contribution is -2.38. The minimum Gasteiger partial charge on any atom is -0.481 e. The third-order valence-electron chi connectivity index (χ3n) is 4.70. The van der Waals surface area contributed by atoms with E-state index in [0.717, 1.165) is 4.90 Å². The Hall–Kier alpha value is -2.54. The van der Waals surface area contributed by atoms with Gasteiger partial charge in [0, 0.05) is 17.1 Å². The Morgan fingerprint density at radius 2 is 1.85 bits per heavy atom. The predicted octanol–water partition coefficient (Wildman–Crippen LogP) is 3.97. The molecule has 2 aromatic rings. The van der Waals surface area contributed by atoms with Crippen LogP contribution in [0.5, 0.6) is 11.6 Å². The van der Waals surface area contributed by atoms with E-state index in [2.05, 4.69) is 10.3 Å². The van der Waals surface area contributed by atoms with Crippen LogP contribution in [0.25, 0.3) is 0 Å². The standard InChI is InChI=1S/C20H22N2O4S/c1-27-16-10-8-15(9-11-16)26-19-17(3-2-12-21-19)18(23)22-14-6-4-13(5-7-14)20(24)25/h2-3,8-14H,4-7H2,1H3,(H,22,23)(H,24,25). The van der Waals surface area contributed by atoms with Crippen molar-refractivity contribution in [2.24, 2.45) is 5.92 Å². The molecule has 2 N–H and O–H groups in total. The Bertz CT molecular complexity index is 802. The molecule has 0 radical (unpaired) electrons. The van der Waals surface area contributed by atoms with Gasteiger partial charge in [-0.05, 0) is 68.3 Å². The molecule has 1 saturated carbocycles. The quantitative estimate of drug-likeness (QED) is 0.731. The van der Waals surface area contributed by atoms with Crippen molar-refractivity contribution < 1.29 is 19.4 Å². The number of nitrogens with one attached hydrogen (secondary N) is 1. The van der Waals surface area contributed by atoms with Crippen molar-refractivity contribution in [2.75, 3.05) is 6.26 Å². The second kappa shape index (κ2) is 8.90. The number of hydrogen-bond donors (Lipinski definition) is 2. The van der Waals surface area contributed by atoms with E-state index in [9.17, 15) is 9.59 Å². The molecule has 1 heterocycles. The highest BCUT2D eigenvalue weighted by molar-refractivity contribution is 7.98. The fraction of sp³-hybridized carbons (Fsp3) is 0.350. The van der Waals surface area contributed by atoms with E-state index in [1.807, 2.05) is 30.5 Å². The van der Waals surface area contributed by atoms with Crippen LogP contribution in [0, 0.1) is 5.92 Å². The lowest BCUT2D eigenvalue weighted by molar-refractivity contribution is -0.142. The number of carbonyl (C=O) groups is 2. The Kier molecular flexibility index (Phi) is 6.34. The van der Waals surface area contributed by atoms with E-state index >= 15 is 0 Å². The number of pyridine rings is 1. The van der Waals surface area contributed by atoms with Gasteiger partial charge < -0.3 is 15.2 Å². The molecule has 0 aliphatic heterocycles. The fourth-order valence-electron chi connectivity index (χ4n) is 3.15. The molecule has 6 nitrogen and oxygen atoms in total. The Morgan fingerprint density at radius 1 is 1.15 bits per heavy atom. The van der Waals surface area contributed by atoms with Crippen molar-refractivity contribution in [1.82, 2.24) is 10.3 Å². The average Bonchev–Trinajstić information content (AvgIpc) is 2.69. The maximum Gasteiger partial charge on any atom is 0.306 e. The Labute approximate surface area is 162 Å². The van der Waals surface area contributed by atoms with E-state index < -0.39 is 5.97 Å². The summed E-state index contributed by atoms with van der Waals surface area (Å²) in [5, 5.41) is 12.1. The summed E-state index contributed by atoms with van der Waals surface area (Å²) in [5.41, 5.74) is 0.367. The van der Waals surface area contributed by atoms with Crippen LogP contribution < -0.4 is 10.1 Å². The number of nitrogens with zero attached hydrogens (tertiary/aromatic N) is 1. The van der Waals surface area contributed by atoms with Gasteiger partial charge in [-0.3, -0.25) is 9.59 Å². The molecule has 1 fully saturated rings. The van der Waals surface area contributed by atoms with Crippen LogP contribution in [0.3, 0.4) is 0 Å². The third-order valence-corrected chi connectivity index (χ3v) is 5.44. The summed E-state index contributed by atoms with van der Waals surface area (Å²) in [6.45, 7) is 0. The van der Waals surface area contributed by atoms with Gasteiger partial charge in [0.2, 0.25) is 5.88 Å². The number of rotatable bonds is 6. The first-order valence-corrected chi connectivity index (χ1v) is 10.1. The second-order valence-corrected chi connectivity index (χ2v) is 7.37. The van der Waals surface area contributed by atoms with Crippen LogP contribution in [-0.4, -0.2) is 34.3 Å². The van der Waals surface area contributed by atoms with E-state index in [4.69, 9.17) is 9.84 Å². The molecule has 3 rings (SSSR count). The highest BCUT2D eigenvalue weighted by Crippen LogP contribution is 2.27. The molecular formula is C20H22N2O4S. The molecule has 142 valence electrons. The molecule has 27 heavy (non-hydrogen) atoms. The van der Waals surface area contributed by atoms with Gasteiger partial charge in [-0.1, -0.05) is 0 Å². The third kappa shape index (κ3) is 5.01. The zero-order chi connectivity index (χ0) is 19.2. The summed E-state index contributed by atoms with van der Waals surface area (Å²) in [6, 6.07) is 10.9. The second-order valence-electron chi connectivity index (χ2n) is 6.49. The number of aromatic nitrogens is 1. The van der Waals surface area contributed by atoms with Gasteiger partial charge in [0.15, 0.2) is 0 Å². The predicted molar refractivity (Wildman–Crippen MR) is 103 cm³/mol.